The molecular weight excluding hydrogens is 366 g/mol. The van der Waals surface area contributed by atoms with Gasteiger partial charge in [-0.05, 0) is 60.9 Å². The zero-order chi connectivity index (χ0) is 19.3. The molecule has 3 heterocycles. The van der Waals surface area contributed by atoms with Crippen LogP contribution in [0.15, 0.2) is 73.1 Å². The molecule has 0 aliphatic heterocycles. The van der Waals surface area contributed by atoms with Crippen molar-refractivity contribution in [1.29, 1.82) is 0 Å². The molecule has 5 rings (SSSR count). The summed E-state index contributed by atoms with van der Waals surface area (Å²) in [6, 6.07) is 20.2. The average molecular weight is 385 g/mol. The Labute approximate surface area is 166 Å². The van der Waals surface area contributed by atoms with Crippen molar-refractivity contribution in [2.24, 2.45) is 0 Å². The molecule has 28 heavy (non-hydrogen) atoms. The number of pyridine rings is 1. The van der Waals surface area contributed by atoms with Crippen LogP contribution in [0.25, 0.3) is 37.7 Å². The lowest BCUT2D eigenvalue weighted by atomic mass is 9.95. The minimum atomic E-state index is -0.866. The zero-order valence-corrected chi connectivity index (χ0v) is 16.4. The molecule has 0 aliphatic rings. The van der Waals surface area contributed by atoms with Gasteiger partial charge in [-0.2, -0.15) is 0 Å². The van der Waals surface area contributed by atoms with Gasteiger partial charge in [0.15, 0.2) is 0 Å². The molecule has 0 bridgehead atoms. The minimum Gasteiger partial charge on any atom is -0.386 e. The van der Waals surface area contributed by atoms with Gasteiger partial charge in [-0.3, -0.25) is 0 Å². The number of fused-ring (bicyclic) bond motifs is 2. The molecule has 5 heteroatoms. The van der Waals surface area contributed by atoms with E-state index >= 15 is 0 Å². The van der Waals surface area contributed by atoms with E-state index in [4.69, 9.17) is 9.97 Å². The zero-order valence-electron chi connectivity index (χ0n) is 15.6. The lowest BCUT2D eigenvalue weighted by Crippen LogP contribution is -2.15. The van der Waals surface area contributed by atoms with Gasteiger partial charge in [0.1, 0.15) is 16.3 Å². The van der Waals surface area contributed by atoms with Crippen LogP contribution in [0.4, 0.5) is 0 Å². The summed E-state index contributed by atoms with van der Waals surface area (Å²) in [7, 11) is 0. The Morgan fingerprint density at radius 3 is 2.57 bits per heavy atom. The molecule has 5 aromatic rings. The first-order valence-corrected chi connectivity index (χ1v) is 9.97. The quantitative estimate of drug-likeness (QED) is 0.446. The van der Waals surface area contributed by atoms with E-state index in [1.807, 2.05) is 53.1 Å². The largest absolute Gasteiger partial charge is 0.386 e. The van der Waals surface area contributed by atoms with Crippen molar-refractivity contribution in [3.05, 3.63) is 78.6 Å². The monoisotopic (exact) mass is 385 g/mol. The molecule has 0 aliphatic carbocycles. The number of aliphatic hydroxyl groups is 1. The molecular formula is C23H19N3OS. The molecule has 3 aromatic heterocycles. The number of para-hydroxylation sites is 1. The van der Waals surface area contributed by atoms with Crippen LogP contribution in [0.2, 0.25) is 0 Å². The molecule has 0 saturated carbocycles. The predicted molar refractivity (Wildman–Crippen MR) is 114 cm³/mol. The lowest BCUT2D eigenvalue weighted by molar-refractivity contribution is 0.0786. The van der Waals surface area contributed by atoms with Gasteiger partial charge in [0, 0.05) is 12.4 Å². The summed E-state index contributed by atoms with van der Waals surface area (Å²) in [5.74, 6) is 0. The Hall–Kier alpha value is -3.02. The highest BCUT2D eigenvalue weighted by atomic mass is 32.1. The number of rotatable bonds is 3. The van der Waals surface area contributed by atoms with Gasteiger partial charge in [-0.1, -0.05) is 30.3 Å². The van der Waals surface area contributed by atoms with Crippen LogP contribution in [-0.2, 0) is 5.60 Å². The molecule has 0 saturated heterocycles. The third-order valence-electron chi connectivity index (χ3n) is 4.87. The Kier molecular flexibility index (Phi) is 3.82. The summed E-state index contributed by atoms with van der Waals surface area (Å²) in [4.78, 5) is 9.45. The second kappa shape index (κ2) is 6.26. The summed E-state index contributed by atoms with van der Waals surface area (Å²) < 4.78 is 3.20. The third kappa shape index (κ3) is 2.99. The molecule has 4 nitrogen and oxygen atoms in total. The molecule has 0 unspecified atom stereocenters. The first kappa shape index (κ1) is 17.1. The van der Waals surface area contributed by atoms with Gasteiger partial charge in [-0.25, -0.2) is 9.97 Å². The maximum Gasteiger partial charge on any atom is 0.144 e. The van der Waals surface area contributed by atoms with Crippen molar-refractivity contribution in [2.75, 3.05) is 0 Å². The number of imidazole rings is 1. The highest BCUT2D eigenvalue weighted by molar-refractivity contribution is 7.21. The first-order valence-electron chi connectivity index (χ1n) is 9.15. The second-order valence-corrected chi connectivity index (χ2v) is 8.47. The van der Waals surface area contributed by atoms with Crippen molar-refractivity contribution < 1.29 is 5.11 Å². The van der Waals surface area contributed by atoms with Gasteiger partial charge in [0.2, 0.25) is 0 Å². The van der Waals surface area contributed by atoms with Crippen molar-refractivity contribution in [3.63, 3.8) is 0 Å². The van der Waals surface area contributed by atoms with E-state index in [1.54, 1.807) is 25.2 Å². The van der Waals surface area contributed by atoms with Gasteiger partial charge in [0.05, 0.1) is 15.8 Å². The SMILES string of the molecule is CC(C)(O)c1cccc(-c2ccc3nc(-c4nc5ccccc5s4)cn3c2)c1. The average Bonchev–Trinajstić information content (AvgIpc) is 3.30. The summed E-state index contributed by atoms with van der Waals surface area (Å²) in [6.45, 7) is 3.60. The van der Waals surface area contributed by atoms with E-state index in [2.05, 4.69) is 24.4 Å². The molecule has 138 valence electrons. The fourth-order valence-electron chi connectivity index (χ4n) is 3.33. The predicted octanol–water partition coefficient (Wildman–Crippen LogP) is 5.51. The summed E-state index contributed by atoms with van der Waals surface area (Å²) in [5, 5.41) is 11.2. The number of hydrogen-bond donors (Lipinski definition) is 1. The summed E-state index contributed by atoms with van der Waals surface area (Å²) >= 11 is 1.66. The van der Waals surface area contributed by atoms with Crippen LogP contribution in [0.1, 0.15) is 19.4 Å². The smallest absolute Gasteiger partial charge is 0.144 e. The maximum atomic E-state index is 10.3. The molecule has 0 amide bonds. The molecule has 0 spiro atoms. The maximum absolute atomic E-state index is 10.3. The number of hydrogen-bond acceptors (Lipinski definition) is 4. The molecule has 2 aromatic carbocycles. The van der Waals surface area contributed by atoms with Gasteiger partial charge < -0.3 is 9.51 Å². The number of thiazole rings is 1. The third-order valence-corrected chi connectivity index (χ3v) is 5.93. The van der Waals surface area contributed by atoms with E-state index in [9.17, 15) is 5.11 Å². The molecule has 1 N–H and O–H groups in total. The van der Waals surface area contributed by atoms with Crippen LogP contribution in [0.3, 0.4) is 0 Å². The van der Waals surface area contributed by atoms with Crippen molar-refractivity contribution in [2.45, 2.75) is 19.4 Å². The highest BCUT2D eigenvalue weighted by Crippen LogP contribution is 2.31. The van der Waals surface area contributed by atoms with Gasteiger partial charge in [0.25, 0.3) is 0 Å². The Morgan fingerprint density at radius 2 is 1.75 bits per heavy atom. The van der Waals surface area contributed by atoms with Crippen LogP contribution in [-0.4, -0.2) is 19.5 Å². The fraction of sp³-hybridized carbons (Fsp3) is 0.130. The topological polar surface area (TPSA) is 50.4 Å². The van der Waals surface area contributed by atoms with Crippen LogP contribution in [0, 0.1) is 0 Å². The van der Waals surface area contributed by atoms with E-state index in [1.165, 1.54) is 4.70 Å². The highest BCUT2D eigenvalue weighted by Gasteiger charge is 2.16. The second-order valence-electron chi connectivity index (χ2n) is 7.44. The fourth-order valence-corrected chi connectivity index (χ4v) is 4.25. The van der Waals surface area contributed by atoms with E-state index < -0.39 is 5.60 Å². The van der Waals surface area contributed by atoms with Crippen molar-refractivity contribution in [1.82, 2.24) is 14.4 Å². The van der Waals surface area contributed by atoms with Crippen LogP contribution < -0.4 is 0 Å². The van der Waals surface area contributed by atoms with Crippen LogP contribution in [0.5, 0.6) is 0 Å². The lowest BCUT2D eigenvalue weighted by Gasteiger charge is -2.18. The van der Waals surface area contributed by atoms with Gasteiger partial charge in [-0.15, -0.1) is 11.3 Å². The normalized spacial score (nSPS) is 12.1. The van der Waals surface area contributed by atoms with E-state index in [0.29, 0.717) is 0 Å². The summed E-state index contributed by atoms with van der Waals surface area (Å²) in [6.07, 6.45) is 4.10. The molecule has 0 fully saturated rings. The number of benzene rings is 2. The minimum absolute atomic E-state index is 0.866. The van der Waals surface area contributed by atoms with E-state index in [-0.39, 0.29) is 0 Å². The molecule has 0 atom stereocenters. The van der Waals surface area contributed by atoms with Crippen molar-refractivity contribution in [3.8, 4) is 21.8 Å². The first-order chi connectivity index (χ1) is 13.5. The standard InChI is InChI=1S/C23H19N3OS/c1-23(2,27)17-7-5-6-15(12-17)16-10-11-21-24-19(14-26(21)13-16)22-25-18-8-3-4-9-20(18)28-22/h3-14,27H,1-2H3. The molecule has 0 radical (unpaired) electrons. The Balaban J connectivity index is 1.57. The number of nitrogens with zero attached hydrogens (tertiary/aromatic N) is 3. The van der Waals surface area contributed by atoms with Crippen molar-refractivity contribution >= 4 is 27.2 Å². The van der Waals surface area contributed by atoms with Crippen LogP contribution >= 0.6 is 11.3 Å². The Bertz CT molecular complexity index is 1280. The number of aromatic nitrogens is 3. The van der Waals surface area contributed by atoms with E-state index in [0.717, 1.165) is 38.6 Å². The van der Waals surface area contributed by atoms with Gasteiger partial charge >= 0.3 is 0 Å². The Morgan fingerprint density at radius 1 is 0.893 bits per heavy atom. The summed E-state index contributed by atoms with van der Waals surface area (Å²) in [5.41, 5.74) is 4.94.